The summed E-state index contributed by atoms with van der Waals surface area (Å²) >= 11 is 3.15. The Bertz CT molecular complexity index is 807. The van der Waals surface area contributed by atoms with E-state index in [4.69, 9.17) is 0 Å². The summed E-state index contributed by atoms with van der Waals surface area (Å²) in [6.45, 7) is 4.92. The van der Waals surface area contributed by atoms with Gasteiger partial charge in [0.15, 0.2) is 5.78 Å². The SMILES string of the molecule is CC(=O)c1ccc(Sc2ccc(C(=O)N[C@H]3CN4CCC3CC4)s2)cc1. The number of piperidine rings is 3. The van der Waals surface area contributed by atoms with Gasteiger partial charge in [-0.1, -0.05) is 23.9 Å². The number of hydrogen-bond donors (Lipinski definition) is 1. The van der Waals surface area contributed by atoms with Crippen LogP contribution in [0.5, 0.6) is 0 Å². The zero-order chi connectivity index (χ0) is 18.1. The molecule has 0 radical (unpaired) electrons. The first kappa shape index (κ1) is 17.8. The van der Waals surface area contributed by atoms with Gasteiger partial charge in [-0.25, -0.2) is 0 Å². The summed E-state index contributed by atoms with van der Waals surface area (Å²) in [5.41, 5.74) is 0.720. The van der Waals surface area contributed by atoms with E-state index in [1.54, 1.807) is 18.7 Å². The number of benzene rings is 1. The molecule has 1 aromatic carbocycles. The first-order valence-corrected chi connectivity index (χ1v) is 10.6. The fourth-order valence-corrected chi connectivity index (χ4v) is 5.74. The number of carbonyl (C=O) groups excluding carboxylic acids is 2. The molecule has 1 atom stereocenters. The zero-order valence-electron chi connectivity index (χ0n) is 14.7. The summed E-state index contributed by atoms with van der Waals surface area (Å²) < 4.78 is 1.08. The third kappa shape index (κ3) is 3.87. The smallest absolute Gasteiger partial charge is 0.261 e. The van der Waals surface area contributed by atoms with Crippen molar-refractivity contribution in [1.29, 1.82) is 0 Å². The number of ketones is 1. The van der Waals surface area contributed by atoms with Crippen molar-refractivity contribution in [2.24, 2.45) is 5.92 Å². The number of nitrogens with zero attached hydrogens (tertiary/aromatic N) is 1. The highest BCUT2D eigenvalue weighted by Crippen LogP contribution is 2.34. The van der Waals surface area contributed by atoms with Crippen LogP contribution in [0.1, 0.15) is 39.8 Å². The maximum absolute atomic E-state index is 12.6. The van der Waals surface area contributed by atoms with Gasteiger partial charge in [0.25, 0.3) is 5.91 Å². The Labute approximate surface area is 162 Å². The summed E-state index contributed by atoms with van der Waals surface area (Å²) in [6, 6.07) is 11.8. The lowest BCUT2D eigenvalue weighted by molar-refractivity contribution is 0.0622. The predicted molar refractivity (Wildman–Crippen MR) is 105 cm³/mol. The van der Waals surface area contributed by atoms with Crippen LogP contribution in [0.25, 0.3) is 0 Å². The summed E-state index contributed by atoms with van der Waals surface area (Å²) in [5.74, 6) is 0.759. The topological polar surface area (TPSA) is 49.4 Å². The molecule has 0 saturated carbocycles. The lowest BCUT2D eigenvalue weighted by Crippen LogP contribution is -2.57. The van der Waals surface area contributed by atoms with E-state index in [0.717, 1.165) is 26.1 Å². The molecule has 136 valence electrons. The van der Waals surface area contributed by atoms with E-state index >= 15 is 0 Å². The Hall–Kier alpha value is -1.63. The molecule has 1 aromatic heterocycles. The van der Waals surface area contributed by atoms with Gasteiger partial charge in [0.05, 0.1) is 9.09 Å². The second-order valence-electron chi connectivity index (χ2n) is 7.02. The van der Waals surface area contributed by atoms with Crippen molar-refractivity contribution in [3.63, 3.8) is 0 Å². The second kappa shape index (κ2) is 7.55. The van der Waals surface area contributed by atoms with Gasteiger partial charge in [-0.15, -0.1) is 11.3 Å². The average Bonchev–Trinajstić information content (AvgIpc) is 3.12. The maximum Gasteiger partial charge on any atom is 0.261 e. The Kier molecular flexibility index (Phi) is 5.16. The Balaban J connectivity index is 1.38. The van der Waals surface area contributed by atoms with Crippen molar-refractivity contribution in [3.8, 4) is 0 Å². The van der Waals surface area contributed by atoms with E-state index in [1.807, 2.05) is 36.4 Å². The Morgan fingerprint density at radius 2 is 1.85 bits per heavy atom. The Morgan fingerprint density at radius 1 is 1.12 bits per heavy atom. The second-order valence-corrected chi connectivity index (χ2v) is 9.48. The van der Waals surface area contributed by atoms with Crippen molar-refractivity contribution in [1.82, 2.24) is 10.2 Å². The van der Waals surface area contributed by atoms with Gasteiger partial charge in [0.2, 0.25) is 0 Å². The zero-order valence-corrected chi connectivity index (χ0v) is 16.4. The molecular weight excluding hydrogens is 364 g/mol. The molecule has 2 bridgehead atoms. The van der Waals surface area contributed by atoms with Crippen LogP contribution in [0.3, 0.4) is 0 Å². The van der Waals surface area contributed by atoms with Gasteiger partial charge in [0.1, 0.15) is 0 Å². The van der Waals surface area contributed by atoms with E-state index in [2.05, 4.69) is 10.2 Å². The molecule has 3 saturated heterocycles. The quantitative estimate of drug-likeness (QED) is 0.791. The van der Waals surface area contributed by atoms with Crippen LogP contribution in [-0.2, 0) is 0 Å². The molecule has 26 heavy (non-hydrogen) atoms. The normalized spacial score (nSPS) is 24.4. The summed E-state index contributed by atoms with van der Waals surface area (Å²) in [7, 11) is 0. The number of fused-ring (bicyclic) bond motifs is 3. The predicted octanol–water partition coefficient (Wildman–Crippen LogP) is 3.93. The van der Waals surface area contributed by atoms with Gasteiger partial charge in [-0.05, 0) is 63.0 Å². The molecule has 6 heteroatoms. The Morgan fingerprint density at radius 3 is 2.46 bits per heavy atom. The van der Waals surface area contributed by atoms with E-state index in [9.17, 15) is 9.59 Å². The monoisotopic (exact) mass is 386 g/mol. The van der Waals surface area contributed by atoms with Crippen LogP contribution in [0.2, 0.25) is 0 Å². The molecule has 0 aliphatic carbocycles. The van der Waals surface area contributed by atoms with Crippen LogP contribution in [-0.4, -0.2) is 42.3 Å². The average molecular weight is 387 g/mol. The highest BCUT2D eigenvalue weighted by atomic mass is 32.2. The molecule has 4 nitrogen and oxygen atoms in total. The highest BCUT2D eigenvalue weighted by Gasteiger charge is 2.35. The number of nitrogens with one attached hydrogen (secondary N) is 1. The number of hydrogen-bond acceptors (Lipinski definition) is 5. The molecule has 1 amide bonds. The van der Waals surface area contributed by atoms with Gasteiger partial charge < -0.3 is 10.2 Å². The van der Waals surface area contributed by atoms with Crippen LogP contribution < -0.4 is 5.32 Å². The third-order valence-electron chi connectivity index (χ3n) is 5.26. The van der Waals surface area contributed by atoms with Gasteiger partial charge in [-0.2, -0.15) is 0 Å². The largest absolute Gasteiger partial charge is 0.347 e. The lowest BCUT2D eigenvalue weighted by atomic mass is 9.84. The van der Waals surface area contributed by atoms with Crippen molar-refractivity contribution < 1.29 is 9.59 Å². The van der Waals surface area contributed by atoms with Crippen molar-refractivity contribution >= 4 is 34.8 Å². The molecule has 2 aromatic rings. The minimum absolute atomic E-state index is 0.0486. The summed E-state index contributed by atoms with van der Waals surface area (Å²) in [6.07, 6.45) is 2.40. The molecule has 3 fully saturated rings. The number of amides is 1. The van der Waals surface area contributed by atoms with Crippen LogP contribution in [0.4, 0.5) is 0 Å². The van der Waals surface area contributed by atoms with E-state index < -0.39 is 0 Å². The molecular formula is C20H22N2O2S2. The van der Waals surface area contributed by atoms with Crippen LogP contribution in [0, 0.1) is 5.92 Å². The van der Waals surface area contributed by atoms with Crippen molar-refractivity contribution in [3.05, 3.63) is 46.8 Å². The van der Waals surface area contributed by atoms with Crippen LogP contribution >= 0.6 is 23.1 Å². The fourth-order valence-electron chi connectivity index (χ4n) is 3.74. The molecule has 3 aliphatic rings. The number of thiophene rings is 1. The van der Waals surface area contributed by atoms with Gasteiger partial charge in [-0.3, -0.25) is 9.59 Å². The minimum atomic E-state index is 0.0486. The van der Waals surface area contributed by atoms with E-state index in [1.165, 1.54) is 37.3 Å². The molecule has 1 N–H and O–H groups in total. The first-order valence-electron chi connectivity index (χ1n) is 9.00. The molecule has 4 heterocycles. The highest BCUT2D eigenvalue weighted by molar-refractivity contribution is 8.01. The van der Waals surface area contributed by atoms with Gasteiger partial charge in [0, 0.05) is 23.0 Å². The standard InChI is InChI=1S/C20H22N2O2S2/c1-13(23)14-2-4-16(5-3-14)25-19-7-6-18(26-19)20(24)21-17-12-22-10-8-15(17)9-11-22/h2-7,15,17H,8-12H2,1H3,(H,21,24)/t17-/m0/s1. The number of Topliss-reactive ketones (excluding diaryl/α,β-unsaturated/α-hetero) is 1. The molecule has 0 spiro atoms. The minimum Gasteiger partial charge on any atom is -0.347 e. The number of carbonyl (C=O) groups is 2. The van der Waals surface area contributed by atoms with Crippen molar-refractivity contribution in [2.45, 2.75) is 34.9 Å². The van der Waals surface area contributed by atoms with Crippen LogP contribution in [0.15, 0.2) is 45.5 Å². The molecule has 0 unspecified atom stereocenters. The van der Waals surface area contributed by atoms with Crippen molar-refractivity contribution in [2.75, 3.05) is 19.6 Å². The summed E-state index contributed by atoms with van der Waals surface area (Å²) in [5, 5.41) is 3.25. The van der Waals surface area contributed by atoms with E-state index in [-0.39, 0.29) is 11.7 Å². The van der Waals surface area contributed by atoms with E-state index in [0.29, 0.717) is 12.0 Å². The third-order valence-corrected chi connectivity index (χ3v) is 7.48. The summed E-state index contributed by atoms with van der Waals surface area (Å²) in [4.78, 5) is 28.2. The molecule has 3 aliphatic heterocycles. The van der Waals surface area contributed by atoms with Gasteiger partial charge >= 0.3 is 0 Å². The molecule has 5 rings (SSSR count). The maximum atomic E-state index is 12.6. The lowest BCUT2D eigenvalue weighted by Gasteiger charge is -2.44. The first-order chi connectivity index (χ1) is 12.6. The number of rotatable bonds is 5. The fraction of sp³-hybridized carbons (Fsp3) is 0.400.